The minimum Gasteiger partial charge on any atom is -0.426 e. The Hall–Kier alpha value is -2.96. The quantitative estimate of drug-likeness (QED) is 0.0740. The summed E-state index contributed by atoms with van der Waals surface area (Å²) < 4.78 is 16.4. The highest BCUT2D eigenvalue weighted by molar-refractivity contribution is 8.00. The zero-order chi connectivity index (χ0) is 27.9. The fourth-order valence-electron chi connectivity index (χ4n) is 3.82. The highest BCUT2D eigenvalue weighted by atomic mass is 32.2. The number of imide groups is 1. The Bertz CT molecular complexity index is 979. The minimum atomic E-state index is -0.383. The number of benzene rings is 1. The number of rotatable bonds is 17. The molecular weight excluding hydrogens is 512 g/mol. The average molecular weight is 551 g/mol. The van der Waals surface area contributed by atoms with Gasteiger partial charge in [-0.1, -0.05) is 0 Å². The zero-order valence-electron chi connectivity index (χ0n) is 22.5. The molecule has 2 N–H and O–H groups in total. The molecular formula is C26H38N4O7S. The largest absolute Gasteiger partial charge is 0.426 e. The second kappa shape index (κ2) is 16.8. The van der Waals surface area contributed by atoms with Gasteiger partial charge >= 0.3 is 5.97 Å². The highest BCUT2D eigenvalue weighted by Gasteiger charge is 2.37. The molecule has 1 atom stereocenters. The number of hydrazone groups is 1. The third-order valence-corrected chi connectivity index (χ3v) is 6.65. The Morgan fingerprint density at radius 2 is 1.79 bits per heavy atom. The zero-order valence-corrected chi connectivity index (χ0v) is 23.4. The van der Waals surface area contributed by atoms with Crippen molar-refractivity contribution in [3.8, 4) is 5.75 Å². The molecule has 1 aliphatic heterocycles. The van der Waals surface area contributed by atoms with Crippen molar-refractivity contribution in [2.45, 2.75) is 44.8 Å². The van der Waals surface area contributed by atoms with Crippen LogP contribution in [0.2, 0.25) is 0 Å². The Labute approximate surface area is 228 Å². The molecule has 0 bridgehead atoms. The lowest BCUT2D eigenvalue weighted by Crippen LogP contribution is -2.34. The van der Waals surface area contributed by atoms with E-state index in [2.05, 4.69) is 15.8 Å². The van der Waals surface area contributed by atoms with E-state index >= 15 is 0 Å². The number of esters is 1. The molecule has 1 aliphatic rings. The van der Waals surface area contributed by atoms with E-state index in [1.165, 1.54) is 16.7 Å². The van der Waals surface area contributed by atoms with Crippen LogP contribution in [0.4, 0.5) is 0 Å². The van der Waals surface area contributed by atoms with E-state index in [-0.39, 0.29) is 61.4 Å². The summed E-state index contributed by atoms with van der Waals surface area (Å²) in [4.78, 5) is 49.3. The van der Waals surface area contributed by atoms with Crippen molar-refractivity contribution in [1.82, 2.24) is 15.6 Å². The highest BCUT2D eigenvalue weighted by Crippen LogP contribution is 2.25. The Morgan fingerprint density at radius 1 is 1.11 bits per heavy atom. The molecule has 0 spiro atoms. The number of hydrogen-bond donors (Lipinski definition) is 2. The first-order chi connectivity index (χ1) is 18.3. The molecule has 1 heterocycles. The van der Waals surface area contributed by atoms with Crippen molar-refractivity contribution in [2.75, 3.05) is 52.8 Å². The second-order valence-corrected chi connectivity index (χ2v) is 9.72. The number of likely N-dealkylation sites (tertiary alicyclic amines) is 1. The van der Waals surface area contributed by atoms with Crippen LogP contribution in [-0.2, 0) is 28.7 Å². The Kier molecular flexibility index (Phi) is 13.8. The lowest BCUT2D eigenvalue weighted by Gasteiger charge is -2.14. The van der Waals surface area contributed by atoms with Gasteiger partial charge in [-0.3, -0.25) is 24.1 Å². The van der Waals surface area contributed by atoms with Crippen LogP contribution in [0, 0.1) is 13.8 Å². The van der Waals surface area contributed by atoms with E-state index in [1.54, 1.807) is 13.3 Å². The Balaban J connectivity index is 1.50. The molecule has 210 valence electrons. The first-order valence-corrected chi connectivity index (χ1v) is 13.9. The summed E-state index contributed by atoms with van der Waals surface area (Å²) in [6, 6.07) is 3.77. The molecule has 1 aromatic carbocycles. The van der Waals surface area contributed by atoms with Gasteiger partial charge in [0.05, 0.1) is 44.4 Å². The molecule has 1 saturated heterocycles. The maximum Gasteiger partial charge on any atom is 0.311 e. The second-order valence-electron chi connectivity index (χ2n) is 8.68. The molecule has 0 aliphatic carbocycles. The van der Waals surface area contributed by atoms with Gasteiger partial charge in [0.1, 0.15) is 5.75 Å². The van der Waals surface area contributed by atoms with Crippen LogP contribution in [0.1, 0.15) is 42.4 Å². The lowest BCUT2D eigenvalue weighted by atomic mass is 10.1. The lowest BCUT2D eigenvalue weighted by molar-refractivity contribution is -0.139. The van der Waals surface area contributed by atoms with Crippen molar-refractivity contribution in [2.24, 2.45) is 5.10 Å². The number of nitrogens with one attached hydrogen (secondary N) is 2. The third kappa shape index (κ3) is 10.4. The first-order valence-electron chi connectivity index (χ1n) is 12.6. The number of nitrogens with zero attached hydrogens (tertiary/aromatic N) is 2. The van der Waals surface area contributed by atoms with Gasteiger partial charge in [0.2, 0.25) is 17.7 Å². The third-order valence-electron chi connectivity index (χ3n) is 5.71. The van der Waals surface area contributed by atoms with Crippen LogP contribution in [0.15, 0.2) is 17.2 Å². The predicted octanol–water partition coefficient (Wildman–Crippen LogP) is 1.57. The van der Waals surface area contributed by atoms with Crippen LogP contribution >= 0.6 is 11.8 Å². The van der Waals surface area contributed by atoms with Crippen LogP contribution in [0.3, 0.4) is 0 Å². The summed E-state index contributed by atoms with van der Waals surface area (Å²) in [6.45, 7) is 5.57. The maximum absolute atomic E-state index is 12.2. The molecule has 3 amide bonds. The smallest absolute Gasteiger partial charge is 0.311 e. The van der Waals surface area contributed by atoms with Gasteiger partial charge in [-0.05, 0) is 55.3 Å². The van der Waals surface area contributed by atoms with Crippen molar-refractivity contribution in [1.29, 1.82) is 0 Å². The fraction of sp³-hybridized carbons (Fsp3) is 0.577. The number of amides is 3. The van der Waals surface area contributed by atoms with E-state index in [1.807, 2.05) is 32.2 Å². The number of aryl methyl sites for hydroxylation is 2. The standard InChI is InChI=1S/C26H38N4O7S/c1-18-14-20(17-29-27-3)15-19(2)25(18)37-24(33)7-5-6-22(31)28-8-10-35-12-13-36-11-9-30-23(32)16-21(38-4)26(30)34/h14-15,17,21,27H,5-13,16H2,1-4H3,(H,28,31)/b29-17+. The van der Waals surface area contributed by atoms with Crippen molar-refractivity contribution < 1.29 is 33.4 Å². The molecule has 11 nitrogen and oxygen atoms in total. The predicted molar refractivity (Wildman–Crippen MR) is 145 cm³/mol. The molecule has 1 unspecified atom stereocenters. The monoisotopic (exact) mass is 550 g/mol. The normalized spacial score (nSPS) is 15.4. The van der Waals surface area contributed by atoms with Crippen LogP contribution in [0.25, 0.3) is 0 Å². The number of hydrogen-bond acceptors (Lipinski definition) is 10. The van der Waals surface area contributed by atoms with Gasteiger partial charge in [-0.2, -0.15) is 16.9 Å². The minimum absolute atomic E-state index is 0.135. The summed E-state index contributed by atoms with van der Waals surface area (Å²) >= 11 is 1.39. The Morgan fingerprint density at radius 3 is 2.42 bits per heavy atom. The number of carbonyl (C=O) groups excluding carboxylic acids is 4. The van der Waals surface area contributed by atoms with Gasteiger partial charge in [-0.15, -0.1) is 0 Å². The van der Waals surface area contributed by atoms with E-state index < -0.39 is 0 Å². The summed E-state index contributed by atoms with van der Waals surface area (Å²) in [5, 5.41) is 6.45. The van der Waals surface area contributed by atoms with Crippen molar-refractivity contribution >= 4 is 41.7 Å². The van der Waals surface area contributed by atoms with E-state index in [4.69, 9.17) is 14.2 Å². The average Bonchev–Trinajstić information content (AvgIpc) is 3.16. The van der Waals surface area contributed by atoms with Gasteiger partial charge in [-0.25, -0.2) is 0 Å². The van der Waals surface area contributed by atoms with Gasteiger partial charge in [0, 0.05) is 32.9 Å². The van der Waals surface area contributed by atoms with Crippen LogP contribution in [-0.4, -0.2) is 92.9 Å². The molecule has 38 heavy (non-hydrogen) atoms. The SMILES string of the molecule is CN/N=C/c1cc(C)c(OC(=O)CCCC(=O)NCCOCCOCCN2C(=O)CC(SC)C2=O)c(C)c1. The van der Waals surface area contributed by atoms with Gasteiger partial charge in [0.15, 0.2) is 0 Å². The van der Waals surface area contributed by atoms with E-state index in [0.29, 0.717) is 38.5 Å². The van der Waals surface area contributed by atoms with E-state index in [0.717, 1.165) is 16.7 Å². The molecule has 12 heteroatoms. The van der Waals surface area contributed by atoms with Crippen LogP contribution < -0.4 is 15.5 Å². The van der Waals surface area contributed by atoms with E-state index in [9.17, 15) is 19.2 Å². The fourth-order valence-corrected chi connectivity index (χ4v) is 4.46. The van der Waals surface area contributed by atoms with Crippen LogP contribution in [0.5, 0.6) is 5.75 Å². The van der Waals surface area contributed by atoms with Gasteiger partial charge in [0.25, 0.3) is 0 Å². The molecule has 0 saturated carbocycles. The van der Waals surface area contributed by atoms with Crippen molar-refractivity contribution in [3.05, 3.63) is 28.8 Å². The first kappa shape index (κ1) is 31.3. The molecule has 1 fully saturated rings. The summed E-state index contributed by atoms with van der Waals surface area (Å²) in [7, 11) is 1.72. The molecule has 2 rings (SSSR count). The molecule has 0 aromatic heterocycles. The molecule has 0 radical (unpaired) electrons. The molecule has 1 aromatic rings. The number of thioether (sulfide) groups is 1. The van der Waals surface area contributed by atoms with Gasteiger partial charge < -0.3 is 25.0 Å². The maximum atomic E-state index is 12.2. The summed E-state index contributed by atoms with van der Waals surface area (Å²) in [6.07, 6.45) is 4.48. The summed E-state index contributed by atoms with van der Waals surface area (Å²) in [5.74, 6) is -0.326. The number of ether oxygens (including phenoxy) is 3. The topological polar surface area (TPSA) is 136 Å². The van der Waals surface area contributed by atoms with Crippen molar-refractivity contribution in [3.63, 3.8) is 0 Å². The summed E-state index contributed by atoms with van der Waals surface area (Å²) in [5.41, 5.74) is 5.26. The number of carbonyl (C=O) groups is 4.